The smallest absolute Gasteiger partial charge is 0.338 e. The van der Waals surface area contributed by atoms with Crippen LogP contribution in [0.25, 0.3) is 0 Å². The van der Waals surface area contributed by atoms with Crippen molar-refractivity contribution in [3.8, 4) is 0 Å². The van der Waals surface area contributed by atoms with E-state index in [1.54, 1.807) is 0 Å². The van der Waals surface area contributed by atoms with Gasteiger partial charge in [0.25, 0.3) is 11.8 Å². The minimum atomic E-state index is -1.89. The zero-order chi connectivity index (χ0) is 40.3. The van der Waals surface area contributed by atoms with Gasteiger partial charge in [-0.1, -0.05) is 26.7 Å². The van der Waals surface area contributed by atoms with Gasteiger partial charge in [-0.15, -0.1) is 0 Å². The summed E-state index contributed by atoms with van der Waals surface area (Å²) < 4.78 is 4.38. The van der Waals surface area contributed by atoms with E-state index in [2.05, 4.69) is 22.3 Å². The molecule has 1 aliphatic heterocycles. The van der Waals surface area contributed by atoms with Crippen molar-refractivity contribution in [2.75, 3.05) is 46.0 Å². The van der Waals surface area contributed by atoms with E-state index in [1.807, 2.05) is 6.92 Å². The van der Waals surface area contributed by atoms with Crippen LogP contribution in [0.1, 0.15) is 46.0 Å². The topological polar surface area (TPSA) is 420 Å². The Labute approximate surface area is 295 Å². The van der Waals surface area contributed by atoms with Gasteiger partial charge in [-0.2, -0.15) is 0 Å². The number of rotatable bonds is 19. The maximum absolute atomic E-state index is 11.3. The largest absolute Gasteiger partial charge is 0.455 e. The molecule has 0 aromatic carbocycles. The highest BCUT2D eigenvalue weighted by Gasteiger charge is 2.43. The molecule has 51 heavy (non-hydrogen) atoms. The van der Waals surface area contributed by atoms with Gasteiger partial charge < -0.3 is 98.3 Å². The maximum atomic E-state index is 11.3. The molecule has 0 radical (unpaired) electrons. The number of aliphatic hydroxyl groups excluding tert-OH is 14. The first kappa shape index (κ1) is 53.1. The number of hydrogen-bond acceptors (Lipinski definition) is 20. The van der Waals surface area contributed by atoms with Crippen molar-refractivity contribution >= 4 is 17.8 Å². The van der Waals surface area contributed by atoms with E-state index in [0.717, 1.165) is 19.4 Å². The summed E-state index contributed by atoms with van der Waals surface area (Å²) in [7, 11) is 0. The molecular formula is C29H62N4O18. The molecule has 0 saturated carbocycles. The van der Waals surface area contributed by atoms with Crippen molar-refractivity contribution in [2.45, 2.75) is 119 Å². The molecule has 0 bridgehead atoms. The average Bonchev–Trinajstić information content (AvgIpc) is 3.13. The third-order valence-corrected chi connectivity index (χ3v) is 6.86. The summed E-state index contributed by atoms with van der Waals surface area (Å²) in [5.41, 5.74) is 10.3. The fourth-order valence-electron chi connectivity index (χ4n) is 3.45. The average molecular weight is 755 g/mol. The van der Waals surface area contributed by atoms with Crippen LogP contribution in [0.15, 0.2) is 0 Å². The molecule has 306 valence electrons. The number of cyclic esters (lactones) is 1. The number of hydrogen-bond donors (Lipinski definition) is 18. The third kappa shape index (κ3) is 21.8. The fourth-order valence-corrected chi connectivity index (χ4v) is 3.45. The molecular weight excluding hydrogens is 692 g/mol. The summed E-state index contributed by atoms with van der Waals surface area (Å²) >= 11 is 0. The lowest BCUT2D eigenvalue weighted by Crippen LogP contribution is -2.56. The molecule has 12 atom stereocenters. The first-order chi connectivity index (χ1) is 23.9. The van der Waals surface area contributed by atoms with Crippen LogP contribution < -0.4 is 22.1 Å². The number of amides is 2. The van der Waals surface area contributed by atoms with Crippen LogP contribution in [0.4, 0.5) is 0 Å². The van der Waals surface area contributed by atoms with Crippen molar-refractivity contribution in [1.29, 1.82) is 0 Å². The van der Waals surface area contributed by atoms with Crippen molar-refractivity contribution in [3.05, 3.63) is 0 Å². The minimum absolute atomic E-state index is 0.234. The minimum Gasteiger partial charge on any atom is -0.455 e. The number of aliphatic hydroxyl groups is 14. The summed E-state index contributed by atoms with van der Waals surface area (Å²) in [6, 6.07) is 0. The molecule has 0 spiro atoms. The summed E-state index contributed by atoms with van der Waals surface area (Å²) in [5, 5.41) is 131. The van der Waals surface area contributed by atoms with E-state index >= 15 is 0 Å². The zero-order valence-corrected chi connectivity index (χ0v) is 29.0. The number of ether oxygens (including phenoxy) is 1. The Kier molecular flexibility index (Phi) is 32.6. The van der Waals surface area contributed by atoms with Crippen LogP contribution in [-0.4, -0.2) is 209 Å². The second-order valence-corrected chi connectivity index (χ2v) is 11.2. The van der Waals surface area contributed by atoms with Gasteiger partial charge in [0.15, 0.2) is 24.4 Å². The first-order valence-electron chi connectivity index (χ1n) is 16.4. The highest BCUT2D eigenvalue weighted by atomic mass is 16.6. The SMILES string of the molecule is CCCCN.CCCCNC(=O)[C@H](O)[C@@H](O)[C@H](O)[C@H](O)CO.NCCCNC(=O)[C@H](O)[C@@H](O)[C@H](O)[C@H](O)CO.O=C1O[C@H](CO)[C@@H](O)[C@H](O)[C@H]1O. The molecule has 2 amide bonds. The molecule has 0 aromatic rings. The van der Waals surface area contributed by atoms with E-state index in [-0.39, 0.29) is 6.54 Å². The Morgan fingerprint density at radius 2 is 1.06 bits per heavy atom. The Bertz CT molecular complexity index is 846. The summed E-state index contributed by atoms with van der Waals surface area (Å²) in [5.74, 6) is -2.74. The van der Waals surface area contributed by atoms with Gasteiger partial charge >= 0.3 is 5.97 Å². The predicted molar refractivity (Wildman–Crippen MR) is 176 cm³/mol. The summed E-state index contributed by atoms with van der Waals surface area (Å²) in [4.78, 5) is 33.2. The quantitative estimate of drug-likeness (QED) is 0.0430. The molecule has 0 aliphatic carbocycles. The van der Waals surface area contributed by atoms with Crippen LogP contribution >= 0.6 is 0 Å². The Balaban J connectivity index is -0.000000641. The summed E-state index contributed by atoms with van der Waals surface area (Å²) in [6.45, 7) is 3.71. The number of carbonyl (C=O) groups is 3. The molecule has 1 rings (SSSR count). The van der Waals surface area contributed by atoms with Crippen LogP contribution in [0.5, 0.6) is 0 Å². The Morgan fingerprint density at radius 1 is 0.667 bits per heavy atom. The van der Waals surface area contributed by atoms with Crippen LogP contribution in [0, 0.1) is 0 Å². The molecule has 1 aliphatic rings. The first-order valence-corrected chi connectivity index (χ1v) is 16.4. The van der Waals surface area contributed by atoms with Gasteiger partial charge in [0.2, 0.25) is 0 Å². The molecule has 22 heteroatoms. The molecule has 0 aromatic heterocycles. The Morgan fingerprint density at radius 3 is 1.37 bits per heavy atom. The second-order valence-electron chi connectivity index (χ2n) is 11.2. The van der Waals surface area contributed by atoms with Crippen molar-refractivity contribution in [2.24, 2.45) is 11.5 Å². The molecule has 1 heterocycles. The molecule has 20 N–H and O–H groups in total. The van der Waals surface area contributed by atoms with Crippen molar-refractivity contribution in [3.63, 3.8) is 0 Å². The zero-order valence-electron chi connectivity index (χ0n) is 29.0. The monoisotopic (exact) mass is 754 g/mol. The van der Waals surface area contributed by atoms with E-state index in [4.69, 9.17) is 52.3 Å². The normalized spacial score (nSPS) is 23.0. The number of nitrogens with one attached hydrogen (secondary N) is 2. The predicted octanol–water partition coefficient (Wildman–Crippen LogP) is -9.04. The lowest BCUT2D eigenvalue weighted by molar-refractivity contribution is -0.206. The van der Waals surface area contributed by atoms with E-state index in [0.29, 0.717) is 19.5 Å². The number of nitrogens with two attached hydrogens (primary N) is 2. The molecule has 22 nitrogen and oxygen atoms in total. The summed E-state index contributed by atoms with van der Waals surface area (Å²) in [6.07, 6.45) is -15.7. The van der Waals surface area contributed by atoms with E-state index in [1.165, 1.54) is 12.8 Å². The molecule has 1 fully saturated rings. The van der Waals surface area contributed by atoms with Gasteiger partial charge in [0.05, 0.1) is 19.8 Å². The molecule has 1 saturated heterocycles. The second kappa shape index (κ2) is 31.3. The van der Waals surface area contributed by atoms with Gasteiger partial charge in [-0.05, 0) is 32.4 Å². The van der Waals surface area contributed by atoms with E-state index < -0.39 is 111 Å². The third-order valence-electron chi connectivity index (χ3n) is 6.86. The number of carbonyl (C=O) groups excluding carboxylic acids is 3. The highest BCUT2D eigenvalue weighted by Crippen LogP contribution is 2.16. The number of esters is 1. The lowest BCUT2D eigenvalue weighted by atomic mass is 10.0. The lowest BCUT2D eigenvalue weighted by Gasteiger charge is -2.32. The Hall–Kier alpha value is -2.23. The van der Waals surface area contributed by atoms with Gasteiger partial charge in [-0.25, -0.2) is 4.79 Å². The maximum Gasteiger partial charge on any atom is 0.338 e. The highest BCUT2D eigenvalue weighted by molar-refractivity contribution is 5.81. The van der Waals surface area contributed by atoms with E-state index in [9.17, 15) is 45.0 Å². The van der Waals surface area contributed by atoms with Crippen LogP contribution in [0.3, 0.4) is 0 Å². The fraction of sp³-hybridized carbons (Fsp3) is 0.897. The van der Waals surface area contributed by atoms with Crippen LogP contribution in [0.2, 0.25) is 0 Å². The van der Waals surface area contributed by atoms with Crippen LogP contribution in [-0.2, 0) is 19.1 Å². The standard InChI is InChI=1S/C10H21NO6.C9H20N2O6.C6H10O6.C4H11N/c1-2-3-4-11-10(17)9(16)8(15)7(14)6(13)5-12;10-2-1-3-11-9(17)8(16)7(15)6(14)5(13)4-12;7-1-2-3(8)4(9)5(10)6(11)12-2;1-2-3-4-5/h6-9,12-16H,2-5H2,1H3,(H,11,17);5-8,12-16H,1-4,10H2,(H,11,17);2-5,7-10H,1H2;2-5H2,1H3/t6-,7-,8+,9-;5-,6-,7+,8-;2-,3-,4+,5-;/m111./s1. The number of unbranched alkanes of at least 4 members (excludes halogenated alkanes) is 2. The van der Waals surface area contributed by atoms with Crippen molar-refractivity contribution in [1.82, 2.24) is 10.6 Å². The van der Waals surface area contributed by atoms with Gasteiger partial charge in [0, 0.05) is 13.1 Å². The van der Waals surface area contributed by atoms with Crippen molar-refractivity contribution < 1.29 is 90.6 Å². The van der Waals surface area contributed by atoms with Gasteiger partial charge in [-0.3, -0.25) is 9.59 Å². The molecule has 0 unspecified atom stereocenters. The van der Waals surface area contributed by atoms with Gasteiger partial charge in [0.1, 0.15) is 48.8 Å².